The first-order valence-corrected chi connectivity index (χ1v) is 11.9. The second-order valence-corrected chi connectivity index (χ2v) is 9.67. The van der Waals surface area contributed by atoms with E-state index in [2.05, 4.69) is 41.8 Å². The van der Waals surface area contributed by atoms with Gasteiger partial charge in [-0.25, -0.2) is 9.59 Å². The molecule has 2 amide bonds. The molecule has 0 aliphatic heterocycles. The van der Waals surface area contributed by atoms with Gasteiger partial charge in [0.25, 0.3) is 0 Å². The van der Waals surface area contributed by atoms with Gasteiger partial charge in [-0.1, -0.05) is 62.4 Å². The van der Waals surface area contributed by atoms with Crippen LogP contribution in [-0.4, -0.2) is 41.8 Å². The van der Waals surface area contributed by atoms with Crippen LogP contribution in [-0.2, 0) is 14.3 Å². The number of alkyl carbamates (subject to hydrolysis) is 1. The standard InChI is InChI=1S/C27H32N2O5/c1-17-11-13-27(14-12-17,25(31)32)29-24(30)18(2)15-28-26(33)34-16-23-21-9-5-3-7-19(21)20-8-4-6-10-22(20)23/h3-10,17-18,23H,11-16H2,1-2H3,(H,28,33)(H,29,30)(H,31,32). The average Bonchev–Trinajstić information content (AvgIpc) is 3.16. The molecular weight excluding hydrogens is 432 g/mol. The number of aliphatic carboxylic acids is 1. The SMILES string of the molecule is CC1CCC(NC(=O)C(C)CNC(=O)OCC2c3ccccc3-c3ccccc32)(C(=O)O)CC1. The smallest absolute Gasteiger partial charge is 0.407 e. The molecule has 0 bridgehead atoms. The normalized spacial score (nSPS) is 22.2. The Morgan fingerprint density at radius 1 is 1.03 bits per heavy atom. The highest BCUT2D eigenvalue weighted by Crippen LogP contribution is 2.44. The maximum Gasteiger partial charge on any atom is 0.407 e. The first-order chi connectivity index (χ1) is 16.3. The van der Waals surface area contributed by atoms with Crippen molar-refractivity contribution in [3.8, 4) is 11.1 Å². The quantitative estimate of drug-likeness (QED) is 0.566. The molecule has 1 unspecified atom stereocenters. The third kappa shape index (κ3) is 4.79. The van der Waals surface area contributed by atoms with Crippen molar-refractivity contribution in [3.63, 3.8) is 0 Å². The van der Waals surface area contributed by atoms with Crippen LogP contribution in [0.25, 0.3) is 11.1 Å². The number of rotatable bonds is 7. The fourth-order valence-corrected chi connectivity index (χ4v) is 4.98. The van der Waals surface area contributed by atoms with E-state index in [4.69, 9.17) is 4.74 Å². The van der Waals surface area contributed by atoms with Gasteiger partial charge in [0.15, 0.2) is 0 Å². The van der Waals surface area contributed by atoms with Gasteiger partial charge in [-0.15, -0.1) is 0 Å². The molecule has 0 radical (unpaired) electrons. The summed E-state index contributed by atoms with van der Waals surface area (Å²) in [6.45, 7) is 4.02. The number of fused-ring (bicyclic) bond motifs is 3. The van der Waals surface area contributed by atoms with E-state index in [1.54, 1.807) is 6.92 Å². The fraction of sp³-hybridized carbons (Fsp3) is 0.444. The van der Waals surface area contributed by atoms with Gasteiger partial charge in [0.05, 0.1) is 5.92 Å². The van der Waals surface area contributed by atoms with Crippen molar-refractivity contribution in [2.24, 2.45) is 11.8 Å². The van der Waals surface area contributed by atoms with Gasteiger partial charge in [0.2, 0.25) is 5.91 Å². The summed E-state index contributed by atoms with van der Waals surface area (Å²) >= 11 is 0. The number of amides is 2. The first kappa shape index (κ1) is 23.8. The van der Waals surface area contributed by atoms with Crippen molar-refractivity contribution < 1.29 is 24.2 Å². The van der Waals surface area contributed by atoms with Gasteiger partial charge in [0.1, 0.15) is 12.1 Å². The predicted molar refractivity (Wildman–Crippen MR) is 128 cm³/mol. The zero-order valence-electron chi connectivity index (χ0n) is 19.7. The van der Waals surface area contributed by atoms with E-state index in [0.29, 0.717) is 18.8 Å². The van der Waals surface area contributed by atoms with E-state index >= 15 is 0 Å². The summed E-state index contributed by atoms with van der Waals surface area (Å²) in [7, 11) is 0. The van der Waals surface area contributed by atoms with Crippen molar-refractivity contribution in [2.75, 3.05) is 13.2 Å². The molecule has 0 spiro atoms. The molecule has 180 valence electrons. The van der Waals surface area contributed by atoms with Crippen LogP contribution in [0.15, 0.2) is 48.5 Å². The van der Waals surface area contributed by atoms with Gasteiger partial charge in [-0.3, -0.25) is 4.79 Å². The van der Waals surface area contributed by atoms with E-state index in [9.17, 15) is 19.5 Å². The van der Waals surface area contributed by atoms with Crippen LogP contribution in [0, 0.1) is 11.8 Å². The Bertz CT molecular complexity index is 1030. The molecule has 7 heteroatoms. The Morgan fingerprint density at radius 2 is 1.59 bits per heavy atom. The number of carbonyl (C=O) groups is 3. The highest BCUT2D eigenvalue weighted by Gasteiger charge is 2.43. The monoisotopic (exact) mass is 464 g/mol. The Balaban J connectivity index is 1.30. The third-order valence-electron chi connectivity index (χ3n) is 7.24. The maximum absolute atomic E-state index is 12.7. The largest absolute Gasteiger partial charge is 0.480 e. The summed E-state index contributed by atoms with van der Waals surface area (Å²) in [5.74, 6) is -1.54. The molecule has 0 heterocycles. The van der Waals surface area contributed by atoms with Gasteiger partial charge < -0.3 is 20.5 Å². The third-order valence-corrected chi connectivity index (χ3v) is 7.24. The Kier molecular flexibility index (Phi) is 6.91. The summed E-state index contributed by atoms with van der Waals surface area (Å²) < 4.78 is 5.51. The van der Waals surface area contributed by atoms with E-state index in [-0.39, 0.29) is 25.0 Å². The molecule has 2 aromatic rings. The number of carboxylic acid groups (broad SMARTS) is 1. The fourth-order valence-electron chi connectivity index (χ4n) is 4.98. The Morgan fingerprint density at radius 3 is 2.15 bits per heavy atom. The molecule has 1 atom stereocenters. The van der Waals surface area contributed by atoms with Crippen LogP contribution in [0.1, 0.15) is 56.6 Å². The van der Waals surface area contributed by atoms with E-state index < -0.39 is 23.5 Å². The van der Waals surface area contributed by atoms with Crippen LogP contribution >= 0.6 is 0 Å². The second kappa shape index (κ2) is 9.87. The molecule has 4 rings (SSSR count). The molecular formula is C27H32N2O5. The summed E-state index contributed by atoms with van der Waals surface area (Å²) in [4.78, 5) is 37.0. The number of hydrogen-bond donors (Lipinski definition) is 3. The van der Waals surface area contributed by atoms with Crippen molar-refractivity contribution >= 4 is 18.0 Å². The highest BCUT2D eigenvalue weighted by atomic mass is 16.5. The Hall–Kier alpha value is -3.35. The molecule has 2 aromatic carbocycles. The van der Waals surface area contributed by atoms with E-state index in [0.717, 1.165) is 35.1 Å². The maximum atomic E-state index is 12.7. The first-order valence-electron chi connectivity index (χ1n) is 11.9. The number of hydrogen-bond acceptors (Lipinski definition) is 4. The molecule has 1 fully saturated rings. The van der Waals surface area contributed by atoms with Crippen LogP contribution in [0.4, 0.5) is 4.79 Å². The zero-order chi connectivity index (χ0) is 24.3. The molecule has 2 aliphatic rings. The molecule has 0 aromatic heterocycles. The predicted octanol–water partition coefficient (Wildman–Crippen LogP) is 4.31. The van der Waals surface area contributed by atoms with Crippen LogP contribution in [0.2, 0.25) is 0 Å². The number of carboxylic acids is 1. The number of ether oxygens (including phenoxy) is 1. The van der Waals surface area contributed by atoms with Crippen molar-refractivity contribution in [1.29, 1.82) is 0 Å². The molecule has 2 aliphatic carbocycles. The van der Waals surface area contributed by atoms with E-state index in [1.807, 2.05) is 24.3 Å². The number of carbonyl (C=O) groups excluding carboxylic acids is 2. The summed E-state index contributed by atoms with van der Waals surface area (Å²) in [5, 5.41) is 15.1. The summed E-state index contributed by atoms with van der Waals surface area (Å²) in [5.41, 5.74) is 3.35. The van der Waals surface area contributed by atoms with Crippen molar-refractivity contribution in [1.82, 2.24) is 10.6 Å². The topological polar surface area (TPSA) is 105 Å². The Labute approximate surface area is 199 Å². The van der Waals surface area contributed by atoms with Crippen molar-refractivity contribution in [3.05, 3.63) is 59.7 Å². The van der Waals surface area contributed by atoms with Crippen LogP contribution in [0.5, 0.6) is 0 Å². The van der Waals surface area contributed by atoms with Crippen molar-refractivity contribution in [2.45, 2.75) is 51.0 Å². The molecule has 3 N–H and O–H groups in total. The van der Waals surface area contributed by atoms with Gasteiger partial charge in [-0.2, -0.15) is 0 Å². The van der Waals surface area contributed by atoms with E-state index in [1.165, 1.54) is 0 Å². The lowest BCUT2D eigenvalue weighted by atomic mass is 9.77. The van der Waals surface area contributed by atoms with Crippen LogP contribution < -0.4 is 10.6 Å². The zero-order valence-corrected chi connectivity index (χ0v) is 19.7. The highest BCUT2D eigenvalue weighted by molar-refractivity contribution is 5.88. The summed E-state index contributed by atoms with van der Waals surface area (Å²) in [6, 6.07) is 16.2. The molecule has 7 nitrogen and oxygen atoms in total. The van der Waals surface area contributed by atoms with Gasteiger partial charge >= 0.3 is 12.1 Å². The lowest BCUT2D eigenvalue weighted by Crippen LogP contribution is -2.58. The lowest BCUT2D eigenvalue weighted by molar-refractivity contribution is -0.150. The lowest BCUT2D eigenvalue weighted by Gasteiger charge is -2.37. The molecule has 0 saturated heterocycles. The molecule has 1 saturated carbocycles. The van der Waals surface area contributed by atoms with Gasteiger partial charge in [-0.05, 0) is 53.9 Å². The second-order valence-electron chi connectivity index (χ2n) is 9.67. The minimum Gasteiger partial charge on any atom is -0.480 e. The summed E-state index contributed by atoms with van der Waals surface area (Å²) in [6.07, 6.45) is 1.77. The number of nitrogens with one attached hydrogen (secondary N) is 2. The average molecular weight is 465 g/mol. The number of benzene rings is 2. The minimum atomic E-state index is -1.22. The van der Waals surface area contributed by atoms with Crippen LogP contribution in [0.3, 0.4) is 0 Å². The van der Waals surface area contributed by atoms with Gasteiger partial charge in [0, 0.05) is 12.5 Å². The molecule has 34 heavy (non-hydrogen) atoms. The minimum absolute atomic E-state index is 0.0389.